The average Bonchev–Trinajstić information content (AvgIpc) is 3.13. The lowest BCUT2D eigenvalue weighted by atomic mass is 10.1. The molecule has 3 rings (SSSR count). The van der Waals surface area contributed by atoms with Gasteiger partial charge in [0.2, 0.25) is 0 Å². The van der Waals surface area contributed by atoms with Crippen LogP contribution in [0.15, 0.2) is 48.7 Å². The number of nitro groups is 1. The number of aryl methyl sites for hydroxylation is 3. The van der Waals surface area contributed by atoms with Crippen LogP contribution in [0.5, 0.6) is 11.5 Å². The molecular weight excluding hydrogens is 360 g/mol. The first-order chi connectivity index (χ1) is 13.4. The number of rotatable bonds is 6. The maximum atomic E-state index is 12.5. The fourth-order valence-electron chi connectivity index (χ4n) is 2.74. The van der Waals surface area contributed by atoms with Crippen molar-refractivity contribution in [2.24, 2.45) is 0 Å². The van der Waals surface area contributed by atoms with Crippen LogP contribution in [-0.2, 0) is 6.54 Å². The van der Waals surface area contributed by atoms with Crippen molar-refractivity contribution < 1.29 is 14.5 Å². The van der Waals surface area contributed by atoms with Gasteiger partial charge in [0.25, 0.3) is 11.6 Å². The Morgan fingerprint density at radius 3 is 2.71 bits per heavy atom. The summed E-state index contributed by atoms with van der Waals surface area (Å²) in [5.41, 5.74) is 2.36. The van der Waals surface area contributed by atoms with Gasteiger partial charge in [-0.25, -0.2) is 0 Å². The minimum Gasteiger partial charge on any atom is -0.457 e. The number of amides is 1. The number of nitrogens with one attached hydrogen (secondary N) is 1. The summed E-state index contributed by atoms with van der Waals surface area (Å²) in [7, 11) is 0. The highest BCUT2D eigenvalue weighted by Gasteiger charge is 2.16. The third-order valence-electron chi connectivity index (χ3n) is 4.18. The van der Waals surface area contributed by atoms with Gasteiger partial charge in [-0.3, -0.25) is 19.6 Å². The van der Waals surface area contributed by atoms with E-state index in [2.05, 4.69) is 10.4 Å². The minimum absolute atomic E-state index is 0.179. The molecule has 0 aliphatic carbocycles. The van der Waals surface area contributed by atoms with Crippen molar-refractivity contribution in [3.63, 3.8) is 0 Å². The number of benzene rings is 2. The highest BCUT2D eigenvalue weighted by atomic mass is 16.6. The molecule has 0 bridgehead atoms. The first-order valence-electron chi connectivity index (χ1n) is 8.75. The summed E-state index contributed by atoms with van der Waals surface area (Å²) in [4.78, 5) is 23.3. The third kappa shape index (κ3) is 4.17. The Labute approximate surface area is 161 Å². The Morgan fingerprint density at radius 1 is 1.21 bits per heavy atom. The van der Waals surface area contributed by atoms with Gasteiger partial charge in [0.15, 0.2) is 0 Å². The second-order valence-electron chi connectivity index (χ2n) is 6.33. The summed E-state index contributed by atoms with van der Waals surface area (Å²) in [6.45, 7) is 6.22. The highest BCUT2D eigenvalue weighted by molar-refractivity contribution is 6.03. The number of ether oxygens (including phenoxy) is 1. The van der Waals surface area contributed by atoms with Crippen LogP contribution in [-0.4, -0.2) is 20.6 Å². The van der Waals surface area contributed by atoms with Gasteiger partial charge in [-0.15, -0.1) is 0 Å². The van der Waals surface area contributed by atoms with Crippen LogP contribution in [0.3, 0.4) is 0 Å². The lowest BCUT2D eigenvalue weighted by molar-refractivity contribution is -0.384. The van der Waals surface area contributed by atoms with Gasteiger partial charge in [0, 0.05) is 24.9 Å². The topological polar surface area (TPSA) is 99.3 Å². The Morgan fingerprint density at radius 2 is 2.00 bits per heavy atom. The molecule has 0 aliphatic rings. The number of aromatic nitrogens is 2. The molecule has 1 aromatic heterocycles. The van der Waals surface area contributed by atoms with Crippen molar-refractivity contribution in [1.82, 2.24) is 9.78 Å². The van der Waals surface area contributed by atoms with Crippen LogP contribution in [0.1, 0.15) is 28.5 Å². The molecule has 0 spiro atoms. The predicted octanol–water partition coefficient (Wildman–Crippen LogP) is 4.47. The molecule has 1 amide bonds. The molecule has 144 valence electrons. The van der Waals surface area contributed by atoms with E-state index in [-0.39, 0.29) is 17.1 Å². The standard InChI is InChI=1S/C20H20N4O4/c1-4-23-18(7-8-21-23)20(25)22-15-10-16(24(26)27)12-17(11-15)28-19-9-13(2)5-6-14(19)3/h5-12H,4H2,1-3H3,(H,22,25). The number of nitrogens with zero attached hydrogens (tertiary/aromatic N) is 3. The van der Waals surface area contributed by atoms with E-state index in [0.29, 0.717) is 18.0 Å². The van der Waals surface area contributed by atoms with Crippen molar-refractivity contribution in [2.45, 2.75) is 27.3 Å². The Bertz CT molecular complexity index is 1040. The van der Waals surface area contributed by atoms with E-state index in [1.807, 2.05) is 39.0 Å². The van der Waals surface area contributed by atoms with Crippen LogP contribution >= 0.6 is 0 Å². The molecule has 0 radical (unpaired) electrons. The minimum atomic E-state index is -0.526. The van der Waals surface area contributed by atoms with E-state index < -0.39 is 10.8 Å². The van der Waals surface area contributed by atoms with Crippen molar-refractivity contribution in [1.29, 1.82) is 0 Å². The zero-order chi connectivity index (χ0) is 20.3. The third-order valence-corrected chi connectivity index (χ3v) is 4.18. The fourth-order valence-corrected chi connectivity index (χ4v) is 2.74. The van der Waals surface area contributed by atoms with Crippen LogP contribution < -0.4 is 10.1 Å². The maximum absolute atomic E-state index is 12.5. The molecule has 0 saturated carbocycles. The average molecular weight is 380 g/mol. The molecule has 1 heterocycles. The largest absolute Gasteiger partial charge is 0.457 e. The molecule has 0 atom stereocenters. The second-order valence-corrected chi connectivity index (χ2v) is 6.33. The summed E-state index contributed by atoms with van der Waals surface area (Å²) in [5.74, 6) is 0.460. The van der Waals surface area contributed by atoms with Gasteiger partial charge in [-0.2, -0.15) is 5.10 Å². The van der Waals surface area contributed by atoms with E-state index in [1.54, 1.807) is 16.8 Å². The molecule has 0 fully saturated rings. The van der Waals surface area contributed by atoms with Gasteiger partial charge in [0.1, 0.15) is 17.2 Å². The number of hydrogen-bond acceptors (Lipinski definition) is 5. The van der Waals surface area contributed by atoms with Crippen LogP contribution in [0.2, 0.25) is 0 Å². The summed E-state index contributed by atoms with van der Waals surface area (Å²) < 4.78 is 7.41. The molecule has 3 aromatic rings. The molecule has 2 aromatic carbocycles. The van der Waals surface area contributed by atoms with Crippen molar-refractivity contribution >= 4 is 17.3 Å². The molecule has 0 aliphatic heterocycles. The van der Waals surface area contributed by atoms with Crippen LogP contribution in [0, 0.1) is 24.0 Å². The molecule has 0 unspecified atom stereocenters. The monoisotopic (exact) mass is 380 g/mol. The maximum Gasteiger partial charge on any atom is 0.275 e. The van der Waals surface area contributed by atoms with Gasteiger partial charge >= 0.3 is 0 Å². The van der Waals surface area contributed by atoms with Crippen LogP contribution in [0.25, 0.3) is 0 Å². The van der Waals surface area contributed by atoms with Gasteiger partial charge in [-0.1, -0.05) is 12.1 Å². The zero-order valence-electron chi connectivity index (χ0n) is 15.8. The van der Waals surface area contributed by atoms with E-state index in [0.717, 1.165) is 11.1 Å². The Hall–Kier alpha value is -3.68. The summed E-state index contributed by atoms with van der Waals surface area (Å²) in [5, 5.41) is 18.1. The SMILES string of the molecule is CCn1nccc1C(=O)Nc1cc(Oc2cc(C)ccc2C)cc([N+](=O)[O-])c1. The normalized spacial score (nSPS) is 10.5. The number of carbonyl (C=O) groups excluding carboxylic acids is 1. The van der Waals surface area contributed by atoms with Crippen molar-refractivity contribution in [3.05, 3.63) is 75.6 Å². The van der Waals surface area contributed by atoms with Gasteiger partial charge < -0.3 is 10.1 Å². The molecule has 0 saturated heterocycles. The molecular formula is C20H20N4O4. The van der Waals surface area contributed by atoms with Gasteiger partial charge in [-0.05, 0) is 44.0 Å². The zero-order valence-corrected chi connectivity index (χ0v) is 15.8. The summed E-state index contributed by atoms with van der Waals surface area (Å²) >= 11 is 0. The molecule has 1 N–H and O–H groups in total. The van der Waals surface area contributed by atoms with Gasteiger partial charge in [0.05, 0.1) is 16.7 Å². The number of carbonyl (C=O) groups is 1. The predicted molar refractivity (Wildman–Crippen MR) is 105 cm³/mol. The van der Waals surface area contributed by atoms with Crippen molar-refractivity contribution in [3.8, 4) is 11.5 Å². The van der Waals surface area contributed by atoms with E-state index in [4.69, 9.17) is 4.74 Å². The smallest absolute Gasteiger partial charge is 0.275 e. The number of nitro benzene ring substituents is 1. The lowest BCUT2D eigenvalue weighted by Crippen LogP contribution is -2.17. The molecule has 28 heavy (non-hydrogen) atoms. The fraction of sp³-hybridized carbons (Fsp3) is 0.200. The van der Waals surface area contributed by atoms with E-state index in [9.17, 15) is 14.9 Å². The first kappa shape index (κ1) is 19.1. The number of hydrogen-bond donors (Lipinski definition) is 1. The summed E-state index contributed by atoms with van der Waals surface area (Å²) in [6, 6.07) is 11.5. The lowest BCUT2D eigenvalue weighted by Gasteiger charge is -2.12. The summed E-state index contributed by atoms with van der Waals surface area (Å²) in [6.07, 6.45) is 1.53. The quantitative estimate of drug-likeness (QED) is 0.502. The number of non-ortho nitro benzene ring substituents is 1. The van der Waals surface area contributed by atoms with Crippen LogP contribution in [0.4, 0.5) is 11.4 Å². The Balaban J connectivity index is 1.92. The van der Waals surface area contributed by atoms with Crippen molar-refractivity contribution in [2.75, 3.05) is 5.32 Å². The van der Waals surface area contributed by atoms with E-state index >= 15 is 0 Å². The first-order valence-corrected chi connectivity index (χ1v) is 8.75. The highest BCUT2D eigenvalue weighted by Crippen LogP contribution is 2.31. The second kappa shape index (κ2) is 7.91. The molecule has 8 heteroatoms. The Kier molecular flexibility index (Phi) is 5.39. The van der Waals surface area contributed by atoms with E-state index in [1.165, 1.54) is 18.3 Å². The number of anilines is 1. The molecule has 8 nitrogen and oxygen atoms in total.